The second kappa shape index (κ2) is 8.88. The van der Waals surface area contributed by atoms with Crippen molar-refractivity contribution in [3.8, 4) is 0 Å². The lowest BCUT2D eigenvalue weighted by Crippen LogP contribution is -2.30. The van der Waals surface area contributed by atoms with E-state index in [1.165, 1.54) is 48.8 Å². The van der Waals surface area contributed by atoms with Crippen molar-refractivity contribution in [1.82, 2.24) is 0 Å². The first-order chi connectivity index (χ1) is 11.8. The van der Waals surface area contributed by atoms with Gasteiger partial charge in [-0.25, -0.2) is 0 Å². The highest BCUT2D eigenvalue weighted by molar-refractivity contribution is 5.32. The Balaban J connectivity index is 0.000000196. The Bertz CT molecular complexity index is 586. The summed E-state index contributed by atoms with van der Waals surface area (Å²) >= 11 is 0. The fraction of sp³-hybridized carbons (Fsp3) is 0.600. The van der Waals surface area contributed by atoms with Crippen LogP contribution in [0, 0.1) is 23.7 Å². The Hall–Kier alpha value is -1.30. The van der Waals surface area contributed by atoms with E-state index in [1.807, 2.05) is 0 Å². The van der Waals surface area contributed by atoms with Crippen LogP contribution in [0.5, 0.6) is 0 Å². The van der Waals surface area contributed by atoms with Gasteiger partial charge in [0.15, 0.2) is 0 Å². The molecule has 3 rings (SSSR count). The molecule has 0 aromatic rings. The summed E-state index contributed by atoms with van der Waals surface area (Å²) < 4.78 is 0. The molecule has 0 saturated heterocycles. The minimum atomic E-state index is 0.726. The molecule has 0 radical (unpaired) electrons. The summed E-state index contributed by atoms with van der Waals surface area (Å²) in [6.45, 7) is 17.3. The van der Waals surface area contributed by atoms with Crippen molar-refractivity contribution in [2.75, 3.05) is 0 Å². The molecule has 0 aliphatic heterocycles. The summed E-state index contributed by atoms with van der Waals surface area (Å²) in [5.41, 5.74) is 7.51. The molecule has 3 aliphatic carbocycles. The van der Waals surface area contributed by atoms with Crippen molar-refractivity contribution in [3.05, 3.63) is 58.7 Å². The van der Waals surface area contributed by atoms with Crippen LogP contribution < -0.4 is 0 Å². The van der Waals surface area contributed by atoms with E-state index in [4.69, 9.17) is 0 Å². The van der Waals surface area contributed by atoms with Gasteiger partial charge in [-0.05, 0) is 83.5 Å². The highest BCUT2D eigenvalue weighted by Crippen LogP contribution is 2.48. The normalized spacial score (nSPS) is 30.5. The quantitative estimate of drug-likeness (QED) is 0.458. The fourth-order valence-electron chi connectivity index (χ4n) is 4.22. The largest absolute Gasteiger partial charge is 0.100 e. The third-order valence-electron chi connectivity index (χ3n) is 6.32. The Morgan fingerprint density at radius 2 is 1.60 bits per heavy atom. The van der Waals surface area contributed by atoms with Gasteiger partial charge < -0.3 is 0 Å². The SMILES string of the molecule is C=C(C)CCCC1CC2=CC=C(C)CC21.CC1=CC(C)C(C)C=C1C. The van der Waals surface area contributed by atoms with E-state index in [9.17, 15) is 0 Å². The van der Waals surface area contributed by atoms with Gasteiger partial charge in [-0.3, -0.25) is 0 Å². The average Bonchev–Trinajstić information content (AvgIpc) is 2.52. The molecule has 0 bridgehead atoms. The monoisotopic (exact) mass is 338 g/mol. The van der Waals surface area contributed by atoms with E-state index in [2.05, 4.69) is 72.4 Å². The van der Waals surface area contributed by atoms with E-state index < -0.39 is 0 Å². The molecule has 0 spiro atoms. The van der Waals surface area contributed by atoms with E-state index in [0.717, 1.165) is 23.7 Å². The summed E-state index contributed by atoms with van der Waals surface area (Å²) in [4.78, 5) is 0. The molecule has 4 unspecified atom stereocenters. The molecule has 0 aromatic carbocycles. The van der Waals surface area contributed by atoms with Gasteiger partial charge in [-0.2, -0.15) is 0 Å². The van der Waals surface area contributed by atoms with E-state index in [0.29, 0.717) is 0 Å². The lowest BCUT2D eigenvalue weighted by Gasteiger charge is -2.42. The first-order valence-corrected chi connectivity index (χ1v) is 10.2. The summed E-state index contributed by atoms with van der Waals surface area (Å²) in [5.74, 6) is 3.33. The van der Waals surface area contributed by atoms with Gasteiger partial charge in [0.05, 0.1) is 0 Å². The zero-order chi connectivity index (χ0) is 18.6. The second-order valence-corrected chi connectivity index (χ2v) is 8.80. The number of fused-ring (bicyclic) bond motifs is 1. The smallest absolute Gasteiger partial charge is 0.0131 e. The van der Waals surface area contributed by atoms with Gasteiger partial charge in [0.1, 0.15) is 0 Å². The van der Waals surface area contributed by atoms with Gasteiger partial charge in [0.2, 0.25) is 0 Å². The van der Waals surface area contributed by atoms with E-state index in [-0.39, 0.29) is 0 Å². The van der Waals surface area contributed by atoms with Crippen LogP contribution in [0.15, 0.2) is 58.7 Å². The molecule has 138 valence electrons. The van der Waals surface area contributed by atoms with Gasteiger partial charge in [-0.1, -0.05) is 66.0 Å². The molecular formula is C25H38. The van der Waals surface area contributed by atoms with E-state index in [1.54, 1.807) is 11.1 Å². The molecular weight excluding hydrogens is 300 g/mol. The third-order valence-corrected chi connectivity index (χ3v) is 6.32. The van der Waals surface area contributed by atoms with Gasteiger partial charge in [0.25, 0.3) is 0 Å². The molecule has 0 N–H and O–H groups in total. The van der Waals surface area contributed by atoms with Crippen LogP contribution in [0.4, 0.5) is 0 Å². The predicted octanol–water partition coefficient (Wildman–Crippen LogP) is 7.81. The Labute approximate surface area is 156 Å². The summed E-state index contributed by atoms with van der Waals surface area (Å²) in [6, 6.07) is 0. The van der Waals surface area contributed by atoms with Crippen LogP contribution in [-0.4, -0.2) is 0 Å². The molecule has 25 heavy (non-hydrogen) atoms. The average molecular weight is 339 g/mol. The molecule has 0 heterocycles. The zero-order valence-electron chi connectivity index (χ0n) is 17.4. The summed E-state index contributed by atoms with van der Waals surface area (Å²) in [6.07, 6.45) is 16.0. The minimum absolute atomic E-state index is 0.726. The number of rotatable bonds is 4. The van der Waals surface area contributed by atoms with Crippen molar-refractivity contribution in [3.63, 3.8) is 0 Å². The van der Waals surface area contributed by atoms with E-state index >= 15 is 0 Å². The highest BCUT2D eigenvalue weighted by atomic mass is 14.4. The van der Waals surface area contributed by atoms with Gasteiger partial charge in [-0.15, -0.1) is 6.58 Å². The van der Waals surface area contributed by atoms with Crippen molar-refractivity contribution in [1.29, 1.82) is 0 Å². The van der Waals surface area contributed by atoms with Crippen LogP contribution in [-0.2, 0) is 0 Å². The molecule has 0 nitrogen and oxygen atoms in total. The van der Waals surface area contributed by atoms with Crippen LogP contribution in [0.25, 0.3) is 0 Å². The molecule has 0 amide bonds. The van der Waals surface area contributed by atoms with Crippen LogP contribution in [0.3, 0.4) is 0 Å². The number of hydrogen-bond acceptors (Lipinski definition) is 0. The van der Waals surface area contributed by atoms with Crippen molar-refractivity contribution in [2.24, 2.45) is 23.7 Å². The maximum absolute atomic E-state index is 3.97. The molecule has 3 aliphatic rings. The lowest BCUT2D eigenvalue weighted by molar-refractivity contribution is 0.247. The zero-order valence-corrected chi connectivity index (χ0v) is 17.4. The van der Waals surface area contributed by atoms with Crippen LogP contribution >= 0.6 is 0 Å². The van der Waals surface area contributed by atoms with Crippen molar-refractivity contribution >= 4 is 0 Å². The topological polar surface area (TPSA) is 0 Å². The van der Waals surface area contributed by atoms with Crippen molar-refractivity contribution in [2.45, 2.75) is 73.6 Å². The van der Waals surface area contributed by atoms with Gasteiger partial charge >= 0.3 is 0 Å². The fourth-order valence-corrected chi connectivity index (χ4v) is 4.22. The molecule has 1 fully saturated rings. The maximum atomic E-state index is 3.97. The maximum Gasteiger partial charge on any atom is -0.0131 e. The minimum Gasteiger partial charge on any atom is -0.100 e. The molecule has 1 saturated carbocycles. The summed E-state index contributed by atoms with van der Waals surface area (Å²) in [5, 5.41) is 0. The standard InChI is InChI=1S/C15H22.C10H16/c1-11(2)5-4-6-13-10-14-8-7-12(3)9-15(13)14;1-7-5-9(3)10(4)6-8(7)2/h7-8,13,15H,1,4-6,9-10H2,2-3H3;5-8H,1-4H3. The Morgan fingerprint density at radius 3 is 2.16 bits per heavy atom. The highest BCUT2D eigenvalue weighted by Gasteiger charge is 2.35. The van der Waals surface area contributed by atoms with Crippen LogP contribution in [0.1, 0.15) is 73.6 Å². The third kappa shape index (κ3) is 5.59. The number of hydrogen-bond donors (Lipinski definition) is 0. The summed E-state index contributed by atoms with van der Waals surface area (Å²) in [7, 11) is 0. The molecule has 0 aromatic heterocycles. The number of allylic oxidation sites excluding steroid dienone is 9. The Morgan fingerprint density at radius 1 is 1.00 bits per heavy atom. The second-order valence-electron chi connectivity index (χ2n) is 8.80. The predicted molar refractivity (Wildman–Crippen MR) is 113 cm³/mol. The first-order valence-electron chi connectivity index (χ1n) is 10.2. The molecule has 4 atom stereocenters. The lowest BCUT2D eigenvalue weighted by atomic mass is 9.63. The van der Waals surface area contributed by atoms with Gasteiger partial charge in [0, 0.05) is 0 Å². The first kappa shape index (κ1) is 20.0. The van der Waals surface area contributed by atoms with Crippen molar-refractivity contribution < 1.29 is 0 Å². The Kier molecular flexibility index (Phi) is 7.11. The molecule has 0 heteroatoms. The van der Waals surface area contributed by atoms with Crippen LogP contribution in [0.2, 0.25) is 0 Å².